The number of benzene rings is 5. The number of aryl methyl sites for hydroxylation is 5. The second kappa shape index (κ2) is 59.0. The van der Waals surface area contributed by atoms with Gasteiger partial charge in [-0.2, -0.15) is 5.26 Å². The first-order valence-electron chi connectivity index (χ1n) is 44.3. The van der Waals surface area contributed by atoms with Gasteiger partial charge < -0.3 is 66.1 Å². The predicted molar refractivity (Wildman–Crippen MR) is 483 cm³/mol. The molecule has 0 saturated heterocycles. The van der Waals surface area contributed by atoms with E-state index in [4.69, 9.17) is 50.7 Å². The summed E-state index contributed by atoms with van der Waals surface area (Å²) in [6.07, 6.45) is 27.7. The topological polar surface area (TPSA) is 384 Å². The van der Waals surface area contributed by atoms with Gasteiger partial charge in [0.1, 0.15) is 42.0 Å². The number of unbranched alkanes of at least 4 members (excludes halogenated alkanes) is 15. The minimum Gasteiger partial charge on any atom is -0.492 e. The molecule has 1 aliphatic heterocycles. The zero-order chi connectivity index (χ0) is 91.5. The summed E-state index contributed by atoms with van der Waals surface area (Å²) in [5.41, 5.74) is 25.7. The van der Waals surface area contributed by atoms with E-state index in [9.17, 15) is 58.3 Å². The first-order valence-corrected chi connectivity index (χ1v) is 44.3. The van der Waals surface area contributed by atoms with Crippen LogP contribution in [0.5, 0.6) is 11.5 Å². The molecule has 678 valence electrons. The normalized spacial score (nSPS) is 14.1. The number of carbonyl (C=O) groups is 10. The largest absolute Gasteiger partial charge is 0.492 e. The first-order chi connectivity index (χ1) is 58.8. The van der Waals surface area contributed by atoms with Crippen LogP contribution in [-0.4, -0.2) is 153 Å². The fourth-order valence-corrected chi connectivity index (χ4v) is 14.5. The Morgan fingerprint density at radius 2 is 1.06 bits per heavy atom. The van der Waals surface area contributed by atoms with E-state index >= 15 is 0 Å². The number of esters is 4. The van der Waals surface area contributed by atoms with Crippen molar-refractivity contribution in [1.29, 1.82) is 5.26 Å². The zero-order valence-corrected chi connectivity index (χ0v) is 76.1. The number of carboxylic acids is 1. The molecule has 5 aromatic rings. The molecule has 0 radical (unpaired) electrons. The summed E-state index contributed by atoms with van der Waals surface area (Å²) in [4.78, 5) is 132. The highest BCUT2D eigenvalue weighted by atomic mass is 16.6. The van der Waals surface area contributed by atoms with Crippen molar-refractivity contribution in [2.24, 2.45) is 29.0 Å². The first kappa shape index (κ1) is 107. The van der Waals surface area contributed by atoms with Crippen LogP contribution >= 0.6 is 0 Å². The summed E-state index contributed by atoms with van der Waals surface area (Å²) in [7, 11) is 5.22. The number of fused-ring (bicyclic) bond motifs is 5. The highest BCUT2D eigenvalue weighted by Crippen LogP contribution is 2.41. The molecule has 24 nitrogen and oxygen atoms in total. The standard InChI is InChI=1S/C52H70N6O9.C23H36O4.C23H34O4.CH4O/c1-4-5-6-7-8-9-11-35-13-17-40(37(29-35)16-20-49(62)63)45(60)33-39(21-23-54)52(65)58(3)50-38-15-19-48(67-27-25-56)42(32-38)41-30-36(14-18-47(41)66-26-24-55)31-43(44(59)12-10-22-53)57-51(64)34(2)28-46(50)61;2*1-6-7-8-9-10-11-12-18-13-15-20(22(25)26-5)19(17-18)14-16-21(24)27-23(2,3)4;1-2/h13-15,17-19,29-30,32,34,39,43,50H,4-12,16,20-21,23-28,31,33,54-56H2,1-3H3,(H,57,64)(H,62,63);13,15,17H,6-12,14,16H2,1-5H3;13-17H,6-12H2,1-5H3;2H,1H3/b;;16-14+;/t34-,39-,43+,50+;;;/m1.../s1. The van der Waals surface area contributed by atoms with Crippen molar-refractivity contribution in [2.75, 3.05) is 61.2 Å². The molecule has 0 aromatic heterocycles. The number of methoxy groups -OCH3 is 2. The number of amides is 2. The van der Waals surface area contributed by atoms with E-state index < -0.39 is 70.6 Å². The Morgan fingerprint density at radius 1 is 0.577 bits per heavy atom. The number of aliphatic hydroxyl groups is 1. The number of likely N-dealkylation sites (N-methyl/N-ethyl adjacent to an activating group) is 1. The summed E-state index contributed by atoms with van der Waals surface area (Å²) >= 11 is 0. The molecule has 24 heteroatoms. The Hall–Kier alpha value is -9.93. The molecule has 0 aliphatic carbocycles. The molecular formula is C99H144N6O18. The van der Waals surface area contributed by atoms with Crippen molar-refractivity contribution < 1.29 is 86.6 Å². The molecule has 4 atom stereocenters. The Morgan fingerprint density at radius 3 is 1.56 bits per heavy atom. The summed E-state index contributed by atoms with van der Waals surface area (Å²) in [6, 6.07) is 27.2. The predicted octanol–water partition coefficient (Wildman–Crippen LogP) is 17.2. The van der Waals surface area contributed by atoms with E-state index in [-0.39, 0.29) is 114 Å². The average molecular weight is 1710 g/mol. The molecule has 6 rings (SSSR count). The second-order valence-corrected chi connectivity index (χ2v) is 33.4. The smallest absolute Gasteiger partial charge is 0.338 e. The van der Waals surface area contributed by atoms with E-state index in [1.54, 1.807) is 55.5 Å². The third-order valence-corrected chi connectivity index (χ3v) is 20.8. The van der Waals surface area contributed by atoms with Crippen molar-refractivity contribution in [3.63, 3.8) is 0 Å². The number of rotatable bonds is 47. The molecule has 0 unspecified atom stereocenters. The summed E-state index contributed by atoms with van der Waals surface area (Å²) in [6.45, 7) is 20.0. The SMILES string of the molecule is CCCCCCCCc1ccc(C(=O)C[C@@H](CCN)C(=O)N(C)[C@@H]2C(=O)C[C@@H](C)C(=O)N[C@H](C(=O)CCC#N)Cc3ccc(OCCN)c(c3)-c3cc2ccc3OCCN)c(CCC(=O)O)c1.CCCCCCCCc1ccc(C(=O)OC)c(/C=C/C(=O)OC(C)(C)C)c1.CCCCCCCCc1ccc(C(=O)OC)c(CCC(=O)OC(C)(C)C)c1.CO. The molecule has 5 aromatic carbocycles. The molecule has 0 saturated carbocycles. The van der Waals surface area contributed by atoms with Crippen LogP contribution in [0.4, 0.5) is 0 Å². The number of nitriles is 1. The average Bonchev–Trinajstić information content (AvgIpc) is 0.777. The molecule has 1 aliphatic rings. The lowest BCUT2D eigenvalue weighted by atomic mass is 9.87. The molecule has 4 bridgehead atoms. The van der Waals surface area contributed by atoms with Gasteiger partial charge in [0.05, 0.1) is 37.5 Å². The van der Waals surface area contributed by atoms with Crippen LogP contribution in [0.15, 0.2) is 97.1 Å². The van der Waals surface area contributed by atoms with Crippen LogP contribution in [0, 0.1) is 23.2 Å². The second-order valence-electron chi connectivity index (χ2n) is 33.4. The fourth-order valence-electron chi connectivity index (χ4n) is 14.5. The monoisotopic (exact) mass is 1710 g/mol. The summed E-state index contributed by atoms with van der Waals surface area (Å²) < 4.78 is 32.6. The number of aliphatic carboxylic acids is 1. The Balaban J connectivity index is 0.000000569. The number of carboxylic acid groups (broad SMARTS) is 1. The fraction of sp³-hybridized carbons (Fsp3) is 0.566. The van der Waals surface area contributed by atoms with Crippen LogP contribution in [0.25, 0.3) is 17.2 Å². The maximum Gasteiger partial charge on any atom is 0.338 e. The number of ether oxygens (including phenoxy) is 6. The van der Waals surface area contributed by atoms with Gasteiger partial charge in [-0.15, -0.1) is 0 Å². The Kier molecular flexibility index (Phi) is 51.5. The van der Waals surface area contributed by atoms with Crippen LogP contribution in [-0.2, 0) is 91.0 Å². The number of nitrogens with two attached hydrogens (primary N) is 3. The van der Waals surface area contributed by atoms with E-state index in [2.05, 4.69) is 26.1 Å². The number of aliphatic hydroxyl groups excluding tert-OH is 1. The summed E-state index contributed by atoms with van der Waals surface area (Å²) in [5.74, 6) is -5.75. The Labute approximate surface area is 732 Å². The highest BCUT2D eigenvalue weighted by molar-refractivity contribution is 6.01. The third-order valence-electron chi connectivity index (χ3n) is 20.8. The number of hydrogen-bond donors (Lipinski definition) is 6. The van der Waals surface area contributed by atoms with Gasteiger partial charge in [-0.25, -0.2) is 14.4 Å². The van der Waals surface area contributed by atoms with Crippen LogP contribution in [0.3, 0.4) is 0 Å². The van der Waals surface area contributed by atoms with E-state index in [1.807, 2.05) is 96.1 Å². The molecule has 123 heavy (non-hydrogen) atoms. The van der Waals surface area contributed by atoms with Gasteiger partial charge in [0.15, 0.2) is 17.3 Å². The van der Waals surface area contributed by atoms with Gasteiger partial charge in [0.2, 0.25) is 11.8 Å². The molecule has 2 amide bonds. The van der Waals surface area contributed by atoms with Gasteiger partial charge in [0, 0.05) is 100 Å². The maximum atomic E-state index is 14.8. The van der Waals surface area contributed by atoms with Gasteiger partial charge >= 0.3 is 29.8 Å². The van der Waals surface area contributed by atoms with Gasteiger partial charge in [0.25, 0.3) is 0 Å². The quantitative estimate of drug-likeness (QED) is 0.00692. The molecule has 0 fully saturated rings. The third kappa shape index (κ3) is 40.5. The van der Waals surface area contributed by atoms with Gasteiger partial charge in [-0.3, -0.25) is 33.6 Å². The van der Waals surface area contributed by atoms with Crippen molar-refractivity contribution in [3.8, 4) is 28.7 Å². The molecular weight excluding hydrogens is 1560 g/mol. The summed E-state index contributed by atoms with van der Waals surface area (Å²) in [5, 5.41) is 28.7. The number of Topliss-reactive ketones (excluding diaryl/α,β-unsaturated/α-hetero) is 3. The van der Waals surface area contributed by atoms with Crippen molar-refractivity contribution in [2.45, 2.75) is 292 Å². The lowest BCUT2D eigenvalue weighted by molar-refractivity contribution is -0.155. The van der Waals surface area contributed by atoms with Crippen LogP contribution in [0.1, 0.15) is 311 Å². The van der Waals surface area contributed by atoms with Crippen molar-refractivity contribution in [3.05, 3.63) is 158 Å². The van der Waals surface area contributed by atoms with Crippen molar-refractivity contribution >= 4 is 65.1 Å². The molecule has 0 spiro atoms. The number of carbonyl (C=O) groups excluding carboxylic acids is 9. The number of nitrogens with zero attached hydrogens (tertiary/aromatic N) is 2. The van der Waals surface area contributed by atoms with Crippen LogP contribution in [0.2, 0.25) is 0 Å². The zero-order valence-electron chi connectivity index (χ0n) is 76.1. The molecule has 1 heterocycles. The number of hydrogen-bond acceptors (Lipinski definition) is 21. The molecule has 9 N–H and O–H groups in total. The van der Waals surface area contributed by atoms with E-state index in [0.717, 1.165) is 81.6 Å². The lowest BCUT2D eigenvalue weighted by Crippen LogP contribution is -2.46. The lowest BCUT2D eigenvalue weighted by Gasteiger charge is -2.32. The van der Waals surface area contributed by atoms with Crippen molar-refractivity contribution in [1.82, 2.24) is 10.2 Å². The highest BCUT2D eigenvalue weighted by Gasteiger charge is 2.37. The van der Waals surface area contributed by atoms with Gasteiger partial charge in [-0.1, -0.05) is 179 Å². The Bertz CT molecular complexity index is 4210. The van der Waals surface area contributed by atoms with E-state index in [0.29, 0.717) is 68.0 Å². The van der Waals surface area contributed by atoms with Crippen LogP contribution < -0.4 is 32.0 Å². The van der Waals surface area contributed by atoms with E-state index in [1.165, 1.54) is 115 Å². The minimum absolute atomic E-state index is 0.0404. The number of nitrogens with one attached hydrogen (secondary N) is 1. The maximum absolute atomic E-state index is 14.8. The minimum atomic E-state index is -1.26. The van der Waals surface area contributed by atoms with Gasteiger partial charge in [-0.05, 0) is 199 Å². The number of ketones is 3.